The van der Waals surface area contributed by atoms with Gasteiger partial charge in [-0.2, -0.15) is 0 Å². The second-order valence-electron chi connectivity index (χ2n) is 5.16. The van der Waals surface area contributed by atoms with Gasteiger partial charge in [0.15, 0.2) is 0 Å². The molecule has 1 aliphatic heterocycles. The molecule has 1 N–H and O–H groups in total. The minimum atomic E-state index is -0.0980. The fourth-order valence-corrected chi connectivity index (χ4v) is 6.85. The molecular weight excluding hydrogens is 376 g/mol. The molecule has 1 aromatic carbocycles. The summed E-state index contributed by atoms with van der Waals surface area (Å²) in [4.78, 5) is 18.6. The highest BCUT2D eigenvalue weighted by molar-refractivity contribution is 8.19. The molecule has 2 aromatic heterocycles. The second-order valence-corrected chi connectivity index (χ2v) is 9.86. The molecule has 3 nitrogen and oxygen atoms in total. The first-order chi connectivity index (χ1) is 11.8. The fraction of sp³-hybridized carbons (Fsp3) is 0.176. The summed E-state index contributed by atoms with van der Waals surface area (Å²) in [5, 5.41) is 5.90. The topological polar surface area (TPSA) is 42.0 Å². The van der Waals surface area contributed by atoms with Gasteiger partial charge in [-0.1, -0.05) is 18.2 Å². The van der Waals surface area contributed by atoms with Crippen molar-refractivity contribution in [3.8, 4) is 9.88 Å². The van der Waals surface area contributed by atoms with Gasteiger partial charge < -0.3 is 5.32 Å². The largest absolute Gasteiger partial charge is 0.321 e. The highest BCUT2D eigenvalue weighted by atomic mass is 32.2. The second kappa shape index (κ2) is 7.31. The lowest BCUT2D eigenvalue weighted by atomic mass is 10.2. The van der Waals surface area contributed by atoms with E-state index < -0.39 is 0 Å². The van der Waals surface area contributed by atoms with Crippen molar-refractivity contribution in [2.45, 2.75) is 4.58 Å². The maximum atomic E-state index is 12.5. The van der Waals surface area contributed by atoms with Crippen molar-refractivity contribution in [3.05, 3.63) is 58.4 Å². The number of hydrogen-bond donors (Lipinski definition) is 1. The summed E-state index contributed by atoms with van der Waals surface area (Å²) in [6, 6.07) is 12.2. The van der Waals surface area contributed by atoms with Crippen molar-refractivity contribution >= 4 is 57.8 Å². The number of nitrogens with one attached hydrogen (secondary N) is 1. The van der Waals surface area contributed by atoms with Gasteiger partial charge in [0.25, 0.3) is 5.91 Å². The van der Waals surface area contributed by atoms with E-state index in [4.69, 9.17) is 0 Å². The molecule has 0 saturated carbocycles. The van der Waals surface area contributed by atoms with E-state index in [-0.39, 0.29) is 5.91 Å². The normalized spacial score (nSPS) is 14.8. The molecule has 1 saturated heterocycles. The molecule has 4 rings (SSSR count). The Bertz CT molecular complexity index is 838. The van der Waals surface area contributed by atoms with Crippen LogP contribution < -0.4 is 5.32 Å². The number of rotatable bonds is 4. The van der Waals surface area contributed by atoms with Gasteiger partial charge in [0.2, 0.25) is 0 Å². The Balaban J connectivity index is 1.49. The molecule has 0 radical (unpaired) electrons. The zero-order valence-electron chi connectivity index (χ0n) is 12.6. The summed E-state index contributed by atoms with van der Waals surface area (Å²) in [5.74, 6) is 2.29. The Hall–Kier alpha value is -1.28. The average molecular weight is 391 g/mol. The van der Waals surface area contributed by atoms with E-state index in [0.717, 1.165) is 15.6 Å². The number of thiazole rings is 1. The van der Waals surface area contributed by atoms with Crippen LogP contribution >= 0.6 is 46.2 Å². The molecule has 122 valence electrons. The summed E-state index contributed by atoms with van der Waals surface area (Å²) in [7, 11) is 0. The van der Waals surface area contributed by atoms with Crippen LogP contribution in [0.25, 0.3) is 9.88 Å². The molecular formula is C17H14N2OS4. The van der Waals surface area contributed by atoms with E-state index in [9.17, 15) is 4.79 Å². The van der Waals surface area contributed by atoms with E-state index in [1.54, 1.807) is 17.5 Å². The number of anilines is 1. The molecule has 1 aliphatic rings. The molecule has 3 heterocycles. The number of carbonyl (C=O) groups is 1. The number of hydrogen-bond acceptors (Lipinski definition) is 6. The van der Waals surface area contributed by atoms with Crippen molar-refractivity contribution < 1.29 is 4.79 Å². The maximum absolute atomic E-state index is 12.5. The number of thiophene rings is 1. The molecule has 7 heteroatoms. The lowest BCUT2D eigenvalue weighted by Crippen LogP contribution is -2.10. The van der Waals surface area contributed by atoms with Crippen LogP contribution in [-0.2, 0) is 0 Å². The lowest BCUT2D eigenvalue weighted by molar-refractivity contribution is 0.103. The van der Waals surface area contributed by atoms with Gasteiger partial charge in [-0.05, 0) is 29.1 Å². The molecule has 0 atom stereocenters. The first-order valence-corrected chi connectivity index (χ1v) is 11.2. The average Bonchev–Trinajstić information content (AvgIpc) is 3.36. The van der Waals surface area contributed by atoms with E-state index in [1.165, 1.54) is 28.4 Å². The van der Waals surface area contributed by atoms with Gasteiger partial charge in [0, 0.05) is 17.2 Å². The first-order valence-electron chi connectivity index (χ1n) is 7.44. The first kappa shape index (κ1) is 16.2. The molecule has 3 aromatic rings. The van der Waals surface area contributed by atoms with E-state index in [2.05, 4.69) is 22.4 Å². The summed E-state index contributed by atoms with van der Waals surface area (Å²) >= 11 is 6.99. The van der Waals surface area contributed by atoms with E-state index in [1.807, 2.05) is 53.2 Å². The number of benzene rings is 1. The van der Waals surface area contributed by atoms with Crippen LogP contribution in [0.15, 0.2) is 48.0 Å². The van der Waals surface area contributed by atoms with Gasteiger partial charge in [-0.3, -0.25) is 4.79 Å². The van der Waals surface area contributed by atoms with Gasteiger partial charge in [0.1, 0.15) is 9.88 Å². The zero-order chi connectivity index (χ0) is 16.4. The number of carbonyl (C=O) groups excluding carboxylic acids is 1. The van der Waals surface area contributed by atoms with Gasteiger partial charge in [-0.25, -0.2) is 4.98 Å². The zero-order valence-corrected chi connectivity index (χ0v) is 15.9. The number of thioether (sulfide) groups is 2. The quantitative estimate of drug-likeness (QED) is 0.629. The molecule has 24 heavy (non-hydrogen) atoms. The van der Waals surface area contributed by atoms with Crippen LogP contribution in [0.2, 0.25) is 0 Å². The smallest absolute Gasteiger partial charge is 0.267 e. The Kier molecular flexibility index (Phi) is 4.93. The molecule has 1 fully saturated rings. The van der Waals surface area contributed by atoms with Crippen LogP contribution in [0.3, 0.4) is 0 Å². The van der Waals surface area contributed by atoms with Gasteiger partial charge in [-0.15, -0.1) is 46.2 Å². The predicted octanol–water partition coefficient (Wildman–Crippen LogP) is 5.60. The van der Waals surface area contributed by atoms with Crippen LogP contribution in [0.5, 0.6) is 0 Å². The van der Waals surface area contributed by atoms with Gasteiger partial charge in [0.05, 0.1) is 15.7 Å². The van der Waals surface area contributed by atoms with Crippen molar-refractivity contribution in [1.29, 1.82) is 0 Å². The number of amides is 1. The third kappa shape index (κ3) is 3.54. The van der Waals surface area contributed by atoms with E-state index >= 15 is 0 Å². The summed E-state index contributed by atoms with van der Waals surface area (Å²) in [6.07, 6.45) is 1.65. The van der Waals surface area contributed by atoms with Crippen LogP contribution in [0.4, 0.5) is 5.69 Å². The van der Waals surface area contributed by atoms with Crippen molar-refractivity contribution in [3.63, 3.8) is 0 Å². The standard InChI is InChI=1S/C17H14N2OS4/c20-15(14-10-18-16(24-14)13-5-2-6-21-13)19-12-4-1-3-11(9-12)17-22-7-8-23-17/h1-6,9-10,17H,7-8H2,(H,19,20). The van der Waals surface area contributed by atoms with Crippen LogP contribution in [-0.4, -0.2) is 22.4 Å². The Morgan fingerprint density at radius 1 is 1.17 bits per heavy atom. The molecule has 0 unspecified atom stereocenters. The summed E-state index contributed by atoms with van der Waals surface area (Å²) < 4.78 is 0.482. The monoisotopic (exact) mass is 390 g/mol. The fourth-order valence-electron chi connectivity index (χ4n) is 2.40. The molecule has 0 bridgehead atoms. The van der Waals surface area contributed by atoms with Crippen molar-refractivity contribution in [1.82, 2.24) is 4.98 Å². The SMILES string of the molecule is O=C(Nc1cccc(C2SCCS2)c1)c1cnc(-c2cccs2)s1. The van der Waals surface area contributed by atoms with Crippen LogP contribution in [0.1, 0.15) is 19.8 Å². The maximum Gasteiger partial charge on any atom is 0.267 e. The third-order valence-corrected chi connectivity index (χ3v) is 8.64. The predicted molar refractivity (Wildman–Crippen MR) is 107 cm³/mol. The summed E-state index contributed by atoms with van der Waals surface area (Å²) in [5.41, 5.74) is 2.11. The van der Waals surface area contributed by atoms with Gasteiger partial charge >= 0.3 is 0 Å². The van der Waals surface area contributed by atoms with Crippen molar-refractivity contribution in [2.75, 3.05) is 16.8 Å². The van der Waals surface area contributed by atoms with E-state index in [0.29, 0.717) is 9.46 Å². The summed E-state index contributed by atoms with van der Waals surface area (Å²) in [6.45, 7) is 0. The Morgan fingerprint density at radius 2 is 2.04 bits per heavy atom. The third-order valence-electron chi connectivity index (χ3n) is 3.50. The van der Waals surface area contributed by atoms with Crippen molar-refractivity contribution in [2.24, 2.45) is 0 Å². The number of aromatic nitrogens is 1. The minimum absolute atomic E-state index is 0.0980. The highest BCUT2D eigenvalue weighted by Crippen LogP contribution is 2.45. The lowest BCUT2D eigenvalue weighted by Gasteiger charge is -2.10. The molecule has 0 spiro atoms. The Morgan fingerprint density at radius 3 is 2.83 bits per heavy atom. The number of nitrogens with zero attached hydrogens (tertiary/aromatic N) is 1. The molecule has 0 aliphatic carbocycles. The molecule has 1 amide bonds. The Labute approximate surface area is 156 Å². The minimum Gasteiger partial charge on any atom is -0.321 e. The highest BCUT2D eigenvalue weighted by Gasteiger charge is 2.19. The van der Waals surface area contributed by atoms with Crippen LogP contribution in [0, 0.1) is 0 Å².